The van der Waals surface area contributed by atoms with E-state index in [4.69, 9.17) is 22.1 Å². The van der Waals surface area contributed by atoms with Gasteiger partial charge in [-0.05, 0) is 50.6 Å². The van der Waals surface area contributed by atoms with Gasteiger partial charge < -0.3 is 15.8 Å². The van der Waals surface area contributed by atoms with Crippen LogP contribution >= 0.6 is 11.6 Å². The average Bonchev–Trinajstić information content (AvgIpc) is 3.30. The summed E-state index contributed by atoms with van der Waals surface area (Å²) in [5.41, 5.74) is 4.95. The summed E-state index contributed by atoms with van der Waals surface area (Å²) in [6.45, 7) is 5.17. The van der Waals surface area contributed by atoms with E-state index in [9.17, 15) is 13.2 Å². The summed E-state index contributed by atoms with van der Waals surface area (Å²) in [5.74, 6) is -0.498. The molecule has 0 radical (unpaired) electrons. The summed E-state index contributed by atoms with van der Waals surface area (Å²) in [7, 11) is -3.80. The molecule has 3 N–H and O–H groups in total. The zero-order valence-corrected chi connectivity index (χ0v) is 18.1. The predicted molar refractivity (Wildman–Crippen MR) is 113 cm³/mol. The smallest absolute Gasteiger partial charge is 0.408 e. The third-order valence-corrected chi connectivity index (χ3v) is 7.51. The van der Waals surface area contributed by atoms with Gasteiger partial charge in [-0.3, -0.25) is 0 Å². The highest BCUT2D eigenvalue weighted by atomic mass is 35.5. The van der Waals surface area contributed by atoms with Gasteiger partial charge in [0.1, 0.15) is 10.9 Å². The van der Waals surface area contributed by atoms with E-state index in [1.54, 1.807) is 20.8 Å². The number of carbonyl (C=O) groups is 1. The van der Waals surface area contributed by atoms with Crippen molar-refractivity contribution in [2.24, 2.45) is 5.73 Å². The van der Waals surface area contributed by atoms with Crippen LogP contribution in [0.1, 0.15) is 32.3 Å². The lowest BCUT2D eigenvalue weighted by Crippen LogP contribution is -2.49. The van der Waals surface area contributed by atoms with Crippen molar-refractivity contribution in [3.05, 3.63) is 65.2 Å². The first-order valence-electron chi connectivity index (χ1n) is 9.27. The third-order valence-electron chi connectivity index (χ3n) is 4.96. The van der Waals surface area contributed by atoms with Gasteiger partial charge in [-0.15, -0.1) is 0 Å². The Morgan fingerprint density at radius 3 is 2.24 bits per heavy atom. The van der Waals surface area contributed by atoms with Gasteiger partial charge in [0, 0.05) is 17.5 Å². The first-order chi connectivity index (χ1) is 13.5. The Hall–Kier alpha value is -2.09. The van der Waals surface area contributed by atoms with Crippen molar-refractivity contribution < 1.29 is 17.9 Å². The first-order valence-corrected chi connectivity index (χ1v) is 11.2. The number of nitrogens with two attached hydrogens (primary N) is 1. The van der Waals surface area contributed by atoms with Crippen LogP contribution in [-0.4, -0.2) is 37.4 Å². The van der Waals surface area contributed by atoms with Crippen molar-refractivity contribution in [2.45, 2.75) is 48.0 Å². The second-order valence-electron chi connectivity index (χ2n) is 8.18. The molecule has 3 rings (SSSR count). The van der Waals surface area contributed by atoms with Crippen LogP contribution in [0, 0.1) is 0 Å². The van der Waals surface area contributed by atoms with Crippen molar-refractivity contribution in [1.82, 2.24) is 5.32 Å². The Morgan fingerprint density at radius 2 is 1.72 bits per heavy atom. The van der Waals surface area contributed by atoms with E-state index in [1.165, 1.54) is 24.3 Å². The van der Waals surface area contributed by atoms with Gasteiger partial charge in [0.15, 0.2) is 9.84 Å². The van der Waals surface area contributed by atoms with Crippen molar-refractivity contribution in [2.75, 3.05) is 6.54 Å². The Labute approximate surface area is 176 Å². The number of nitrogens with one attached hydrogen (secondary N) is 1. The molecule has 1 fully saturated rings. The second kappa shape index (κ2) is 7.63. The zero-order chi connectivity index (χ0) is 21.4. The molecule has 0 aliphatic heterocycles. The summed E-state index contributed by atoms with van der Waals surface area (Å²) in [6, 6.07) is 15.2. The second-order valence-corrected chi connectivity index (χ2v) is 10.7. The zero-order valence-electron chi connectivity index (χ0n) is 16.6. The minimum absolute atomic E-state index is 0.0523. The van der Waals surface area contributed by atoms with Crippen molar-refractivity contribution in [3.63, 3.8) is 0 Å². The lowest BCUT2D eigenvalue weighted by molar-refractivity contribution is 0.0497. The van der Waals surface area contributed by atoms with Crippen LogP contribution in [-0.2, 0) is 14.6 Å². The topological polar surface area (TPSA) is 98.5 Å². The van der Waals surface area contributed by atoms with Gasteiger partial charge in [-0.2, -0.15) is 0 Å². The van der Waals surface area contributed by atoms with Crippen LogP contribution < -0.4 is 11.1 Å². The number of amides is 1. The summed E-state index contributed by atoms with van der Waals surface area (Å²) in [4.78, 5) is 12.6. The number of alkyl carbamates (subject to hydrolysis) is 1. The summed E-state index contributed by atoms with van der Waals surface area (Å²) in [5, 5.41) is 2.29. The number of hydrogen-bond acceptors (Lipinski definition) is 5. The van der Waals surface area contributed by atoms with Crippen LogP contribution in [0.15, 0.2) is 59.5 Å². The lowest BCUT2D eigenvalue weighted by atomic mass is 10.1. The van der Waals surface area contributed by atoms with Gasteiger partial charge in [-0.25, -0.2) is 13.2 Å². The predicted octanol–water partition coefficient (Wildman–Crippen LogP) is 3.50. The first kappa shape index (κ1) is 21.6. The third kappa shape index (κ3) is 4.27. The molecule has 3 atom stereocenters. The summed E-state index contributed by atoms with van der Waals surface area (Å²) >= 11 is 5.91. The maximum absolute atomic E-state index is 13.4. The quantitative estimate of drug-likeness (QED) is 0.747. The van der Waals surface area contributed by atoms with Crippen LogP contribution in [0.4, 0.5) is 4.79 Å². The molecule has 8 heteroatoms. The summed E-state index contributed by atoms with van der Waals surface area (Å²) < 4.78 is 32.2. The molecule has 0 unspecified atom stereocenters. The molecule has 1 aliphatic carbocycles. The van der Waals surface area contributed by atoms with Gasteiger partial charge in [-0.1, -0.05) is 41.9 Å². The highest BCUT2D eigenvalue weighted by Crippen LogP contribution is 2.56. The average molecular weight is 437 g/mol. The fraction of sp³-hybridized carbons (Fsp3) is 0.381. The van der Waals surface area contributed by atoms with Crippen LogP contribution in [0.2, 0.25) is 5.02 Å². The molecule has 6 nitrogen and oxygen atoms in total. The Balaban J connectivity index is 2.02. The van der Waals surface area contributed by atoms with Gasteiger partial charge in [0.2, 0.25) is 0 Å². The van der Waals surface area contributed by atoms with Gasteiger partial charge in [0.25, 0.3) is 0 Å². The minimum Gasteiger partial charge on any atom is -0.444 e. The highest BCUT2D eigenvalue weighted by Gasteiger charge is 2.71. The van der Waals surface area contributed by atoms with E-state index in [2.05, 4.69) is 5.32 Å². The molecule has 0 saturated heterocycles. The van der Waals surface area contributed by atoms with Gasteiger partial charge in [0.05, 0.1) is 10.4 Å². The summed E-state index contributed by atoms with van der Waals surface area (Å²) in [6.07, 6.45) is -0.697. The molecule has 0 spiro atoms. The maximum Gasteiger partial charge on any atom is 0.408 e. The molecule has 1 aliphatic rings. The van der Waals surface area contributed by atoms with Gasteiger partial charge >= 0.3 is 6.09 Å². The number of rotatable bonds is 5. The fourth-order valence-electron chi connectivity index (χ4n) is 3.70. The molecule has 1 amide bonds. The maximum atomic E-state index is 13.4. The molecule has 2 aromatic carbocycles. The van der Waals surface area contributed by atoms with E-state index >= 15 is 0 Å². The highest BCUT2D eigenvalue weighted by molar-refractivity contribution is 7.92. The normalized spacial score (nSPS) is 24.0. The SMILES string of the molecule is CC(C)(C)OC(=O)N[C@]1(CN)[C@@H](c2ccccc2)[C@@H]1S(=O)(=O)c1ccc(Cl)cc1. The van der Waals surface area contributed by atoms with E-state index in [0.717, 1.165) is 5.56 Å². The van der Waals surface area contributed by atoms with E-state index in [1.807, 2.05) is 30.3 Å². The fourth-order valence-corrected chi connectivity index (χ4v) is 6.17. The molecule has 29 heavy (non-hydrogen) atoms. The number of ether oxygens (including phenoxy) is 1. The molecule has 0 bridgehead atoms. The molecule has 156 valence electrons. The number of carbonyl (C=O) groups excluding carboxylic acids is 1. The Bertz CT molecular complexity index is 988. The number of halogens is 1. The number of hydrogen-bond donors (Lipinski definition) is 2. The van der Waals surface area contributed by atoms with Crippen molar-refractivity contribution in [1.29, 1.82) is 0 Å². The van der Waals surface area contributed by atoms with E-state index < -0.39 is 38.2 Å². The molecular weight excluding hydrogens is 412 g/mol. The molecule has 0 heterocycles. The molecule has 1 saturated carbocycles. The Morgan fingerprint density at radius 1 is 1.14 bits per heavy atom. The molecular formula is C21H25ClN2O4S. The van der Waals surface area contributed by atoms with E-state index in [0.29, 0.717) is 5.02 Å². The number of sulfone groups is 1. The number of benzene rings is 2. The molecule has 2 aromatic rings. The van der Waals surface area contributed by atoms with Crippen molar-refractivity contribution in [3.8, 4) is 0 Å². The van der Waals surface area contributed by atoms with Crippen LogP contribution in [0.3, 0.4) is 0 Å². The largest absolute Gasteiger partial charge is 0.444 e. The van der Waals surface area contributed by atoms with Crippen LogP contribution in [0.5, 0.6) is 0 Å². The monoisotopic (exact) mass is 436 g/mol. The Kier molecular flexibility index (Phi) is 5.69. The lowest BCUT2D eigenvalue weighted by Gasteiger charge is -2.24. The van der Waals surface area contributed by atoms with Crippen molar-refractivity contribution >= 4 is 27.5 Å². The standard InChI is InChI=1S/C21H25ClN2O4S/c1-20(2,3)28-19(25)24-21(13-23)17(14-7-5-4-6-8-14)18(21)29(26,27)16-11-9-15(22)10-12-16/h4-12,17-18H,13,23H2,1-3H3,(H,24,25)/t17-,18-,21+/m0/s1. The minimum atomic E-state index is -3.80. The van der Waals surface area contributed by atoms with Crippen LogP contribution in [0.25, 0.3) is 0 Å². The van der Waals surface area contributed by atoms with E-state index in [-0.39, 0.29) is 11.4 Å². The molecule has 0 aromatic heterocycles.